The smallest absolute Gasteiger partial charge is 0.161 e. The highest BCUT2D eigenvalue weighted by molar-refractivity contribution is 5.42. The topological polar surface area (TPSA) is 29.5 Å². The number of allylic oxidation sites excluding steroid dienone is 1. The first-order valence-electron chi connectivity index (χ1n) is 4.83. The third-order valence-corrected chi connectivity index (χ3v) is 1.87. The van der Waals surface area contributed by atoms with Gasteiger partial charge in [-0.15, -0.1) is 6.58 Å². The van der Waals surface area contributed by atoms with E-state index < -0.39 is 0 Å². The van der Waals surface area contributed by atoms with Crippen LogP contribution in [0.3, 0.4) is 0 Å². The van der Waals surface area contributed by atoms with Crippen molar-refractivity contribution in [2.24, 2.45) is 0 Å². The molecule has 0 bridgehead atoms. The zero-order chi connectivity index (χ0) is 10.4. The van der Waals surface area contributed by atoms with E-state index in [-0.39, 0.29) is 5.75 Å². The Morgan fingerprint density at radius 1 is 1.50 bits per heavy atom. The molecule has 2 heteroatoms. The van der Waals surface area contributed by atoms with E-state index in [1.165, 1.54) is 0 Å². The van der Waals surface area contributed by atoms with Crippen molar-refractivity contribution in [2.75, 3.05) is 6.61 Å². The Kier molecular flexibility index (Phi) is 4.05. The molecular weight excluding hydrogens is 176 g/mol. The summed E-state index contributed by atoms with van der Waals surface area (Å²) in [6.07, 6.45) is 3.56. The number of hydrogen-bond donors (Lipinski definition) is 1. The van der Waals surface area contributed by atoms with Crippen LogP contribution in [0.1, 0.15) is 18.9 Å². The molecule has 2 nitrogen and oxygen atoms in total. The second kappa shape index (κ2) is 5.32. The fraction of sp³-hybridized carbons (Fsp3) is 0.333. The van der Waals surface area contributed by atoms with Gasteiger partial charge in [0.2, 0.25) is 0 Å². The minimum atomic E-state index is 0.200. The molecule has 0 aromatic heterocycles. The Hall–Kier alpha value is -1.44. The summed E-state index contributed by atoms with van der Waals surface area (Å²) in [5.74, 6) is 0.762. The third-order valence-electron chi connectivity index (χ3n) is 1.87. The van der Waals surface area contributed by atoms with Gasteiger partial charge >= 0.3 is 0 Å². The molecule has 0 heterocycles. The van der Waals surface area contributed by atoms with Crippen molar-refractivity contribution in [1.29, 1.82) is 0 Å². The molecule has 0 saturated heterocycles. The highest BCUT2D eigenvalue weighted by Gasteiger charge is 2.02. The molecule has 14 heavy (non-hydrogen) atoms. The molecule has 0 unspecified atom stereocenters. The molecule has 1 rings (SSSR count). The van der Waals surface area contributed by atoms with Gasteiger partial charge in [0.1, 0.15) is 0 Å². The molecule has 0 fully saturated rings. The van der Waals surface area contributed by atoms with E-state index in [1.54, 1.807) is 6.07 Å². The van der Waals surface area contributed by atoms with Gasteiger partial charge in [-0.2, -0.15) is 0 Å². The fourth-order valence-corrected chi connectivity index (χ4v) is 1.18. The zero-order valence-corrected chi connectivity index (χ0v) is 8.49. The predicted octanol–water partition coefficient (Wildman–Crippen LogP) is 2.91. The highest BCUT2D eigenvalue weighted by atomic mass is 16.5. The first kappa shape index (κ1) is 10.6. The Labute approximate surface area is 84.8 Å². The summed E-state index contributed by atoms with van der Waals surface area (Å²) in [5.41, 5.74) is 1.10. The summed E-state index contributed by atoms with van der Waals surface area (Å²) in [5, 5.41) is 9.48. The number of phenolic OH excluding ortho intramolecular Hbond substituents is 1. The van der Waals surface area contributed by atoms with E-state index >= 15 is 0 Å². The van der Waals surface area contributed by atoms with E-state index in [2.05, 4.69) is 6.58 Å². The summed E-state index contributed by atoms with van der Waals surface area (Å²) in [6, 6.07) is 5.38. The van der Waals surface area contributed by atoms with Gasteiger partial charge in [-0.25, -0.2) is 0 Å². The Morgan fingerprint density at radius 2 is 2.29 bits per heavy atom. The maximum absolute atomic E-state index is 9.48. The average molecular weight is 192 g/mol. The molecule has 0 spiro atoms. The lowest BCUT2D eigenvalue weighted by atomic mass is 10.1. The molecular formula is C12H16O2. The molecule has 1 aromatic carbocycles. The van der Waals surface area contributed by atoms with Gasteiger partial charge in [-0.1, -0.05) is 19.1 Å². The van der Waals surface area contributed by atoms with Crippen LogP contribution in [0.2, 0.25) is 0 Å². The largest absolute Gasteiger partial charge is 0.504 e. The van der Waals surface area contributed by atoms with E-state index in [9.17, 15) is 5.11 Å². The molecule has 0 aliphatic heterocycles. The van der Waals surface area contributed by atoms with Crippen LogP contribution >= 0.6 is 0 Å². The van der Waals surface area contributed by atoms with Crippen molar-refractivity contribution in [1.82, 2.24) is 0 Å². The van der Waals surface area contributed by atoms with Gasteiger partial charge in [0.15, 0.2) is 11.5 Å². The van der Waals surface area contributed by atoms with Crippen molar-refractivity contribution in [3.05, 3.63) is 36.4 Å². The van der Waals surface area contributed by atoms with Crippen LogP contribution in [-0.2, 0) is 6.42 Å². The minimum absolute atomic E-state index is 0.200. The molecule has 0 radical (unpaired) electrons. The Balaban J connectivity index is 2.78. The lowest BCUT2D eigenvalue weighted by Crippen LogP contribution is -1.96. The van der Waals surface area contributed by atoms with Gasteiger partial charge in [0.05, 0.1) is 6.61 Å². The molecule has 0 saturated carbocycles. The minimum Gasteiger partial charge on any atom is -0.504 e. The summed E-state index contributed by atoms with van der Waals surface area (Å²) in [6.45, 7) is 6.33. The molecule has 0 aliphatic carbocycles. The van der Waals surface area contributed by atoms with Crippen molar-refractivity contribution in [2.45, 2.75) is 19.8 Å². The van der Waals surface area contributed by atoms with Crippen molar-refractivity contribution >= 4 is 0 Å². The maximum Gasteiger partial charge on any atom is 0.161 e. The summed E-state index contributed by atoms with van der Waals surface area (Å²) in [4.78, 5) is 0. The number of ether oxygens (including phenoxy) is 1. The number of rotatable bonds is 5. The predicted molar refractivity (Wildman–Crippen MR) is 57.8 cm³/mol. The Morgan fingerprint density at radius 3 is 2.93 bits per heavy atom. The SMILES string of the molecule is C=CCc1ccc(O)c(OCCC)c1. The monoisotopic (exact) mass is 192 g/mol. The van der Waals surface area contributed by atoms with Crippen LogP contribution in [0.4, 0.5) is 0 Å². The normalized spacial score (nSPS) is 9.79. The van der Waals surface area contributed by atoms with Gasteiger partial charge in [-0.3, -0.25) is 0 Å². The molecule has 0 amide bonds. The fourth-order valence-electron chi connectivity index (χ4n) is 1.18. The van der Waals surface area contributed by atoms with Crippen molar-refractivity contribution in [3.8, 4) is 11.5 Å². The van der Waals surface area contributed by atoms with Crippen LogP contribution in [0, 0.1) is 0 Å². The number of benzene rings is 1. The average Bonchev–Trinajstić information content (AvgIpc) is 2.19. The Bertz CT molecular complexity index is 305. The van der Waals surface area contributed by atoms with Crippen LogP contribution in [-0.4, -0.2) is 11.7 Å². The quantitative estimate of drug-likeness (QED) is 0.727. The standard InChI is InChI=1S/C12H16O2/c1-3-5-10-6-7-11(13)12(9-10)14-8-4-2/h3,6-7,9,13H,1,4-5,8H2,2H3. The van der Waals surface area contributed by atoms with Crippen LogP contribution in [0.15, 0.2) is 30.9 Å². The van der Waals surface area contributed by atoms with Crippen molar-refractivity contribution < 1.29 is 9.84 Å². The van der Waals surface area contributed by atoms with Gasteiger partial charge in [-0.05, 0) is 30.5 Å². The summed E-state index contributed by atoms with van der Waals surface area (Å²) >= 11 is 0. The lowest BCUT2D eigenvalue weighted by molar-refractivity contribution is 0.299. The number of phenols is 1. The van der Waals surface area contributed by atoms with E-state index in [4.69, 9.17) is 4.74 Å². The summed E-state index contributed by atoms with van der Waals surface area (Å²) < 4.78 is 5.39. The number of hydrogen-bond acceptors (Lipinski definition) is 2. The van der Waals surface area contributed by atoms with Gasteiger partial charge in [0.25, 0.3) is 0 Å². The lowest BCUT2D eigenvalue weighted by Gasteiger charge is -2.08. The van der Waals surface area contributed by atoms with E-state index in [1.807, 2.05) is 25.1 Å². The van der Waals surface area contributed by atoms with Crippen LogP contribution in [0.25, 0.3) is 0 Å². The first-order valence-corrected chi connectivity index (χ1v) is 4.83. The molecule has 1 aromatic rings. The van der Waals surface area contributed by atoms with E-state index in [0.29, 0.717) is 12.4 Å². The van der Waals surface area contributed by atoms with Gasteiger partial charge < -0.3 is 9.84 Å². The zero-order valence-electron chi connectivity index (χ0n) is 8.49. The number of aromatic hydroxyl groups is 1. The third kappa shape index (κ3) is 2.80. The molecule has 1 N–H and O–H groups in total. The van der Waals surface area contributed by atoms with E-state index in [0.717, 1.165) is 18.4 Å². The van der Waals surface area contributed by atoms with Gasteiger partial charge in [0, 0.05) is 0 Å². The second-order valence-corrected chi connectivity index (χ2v) is 3.14. The molecule has 76 valence electrons. The maximum atomic E-state index is 9.48. The molecule has 0 atom stereocenters. The summed E-state index contributed by atoms with van der Waals surface area (Å²) in [7, 11) is 0. The van der Waals surface area contributed by atoms with Crippen LogP contribution < -0.4 is 4.74 Å². The highest BCUT2D eigenvalue weighted by Crippen LogP contribution is 2.27. The molecule has 0 aliphatic rings. The first-order chi connectivity index (χ1) is 6.77. The second-order valence-electron chi connectivity index (χ2n) is 3.14. The van der Waals surface area contributed by atoms with Crippen molar-refractivity contribution in [3.63, 3.8) is 0 Å². The van der Waals surface area contributed by atoms with Crippen LogP contribution in [0.5, 0.6) is 11.5 Å².